The van der Waals surface area contributed by atoms with Crippen molar-refractivity contribution in [2.24, 2.45) is 0 Å². The van der Waals surface area contributed by atoms with Crippen molar-refractivity contribution in [2.45, 2.75) is 26.3 Å². The summed E-state index contributed by atoms with van der Waals surface area (Å²) in [5.41, 5.74) is 1.12. The second-order valence-corrected chi connectivity index (χ2v) is 5.39. The normalized spacial score (nSPS) is 18.4. The van der Waals surface area contributed by atoms with E-state index in [1.165, 1.54) is 0 Å². The minimum absolute atomic E-state index is 0.148. The summed E-state index contributed by atoms with van der Waals surface area (Å²) < 4.78 is 11.0. The van der Waals surface area contributed by atoms with Gasteiger partial charge in [-0.3, -0.25) is 4.79 Å². The molecule has 1 amide bonds. The zero-order chi connectivity index (χ0) is 15.2. The van der Waals surface area contributed by atoms with Crippen molar-refractivity contribution in [3.8, 4) is 11.5 Å². The van der Waals surface area contributed by atoms with E-state index < -0.39 is 0 Å². The zero-order valence-electron chi connectivity index (χ0n) is 13.0. The molecule has 5 heteroatoms. The molecule has 1 atom stereocenters. The quantitative estimate of drug-likeness (QED) is 0.895. The molecular weight excluding hydrogens is 268 g/mol. The first kappa shape index (κ1) is 15.6. The van der Waals surface area contributed by atoms with E-state index in [4.69, 9.17) is 9.47 Å². The Morgan fingerprint density at radius 3 is 2.95 bits per heavy atom. The first-order chi connectivity index (χ1) is 10.1. The molecular formula is C16H24N2O3. The van der Waals surface area contributed by atoms with Crippen LogP contribution in [-0.4, -0.2) is 50.2 Å². The summed E-state index contributed by atoms with van der Waals surface area (Å²) >= 11 is 0. The Morgan fingerprint density at radius 2 is 2.24 bits per heavy atom. The number of methoxy groups -OCH3 is 1. The smallest absolute Gasteiger partial charge is 0.226 e. The van der Waals surface area contributed by atoms with Crippen LogP contribution in [-0.2, 0) is 4.79 Å². The second-order valence-electron chi connectivity index (χ2n) is 5.39. The second kappa shape index (κ2) is 7.31. The molecule has 1 aliphatic rings. The number of nitrogens with zero attached hydrogens (tertiary/aromatic N) is 1. The SMILES string of the molecule is COc1cc(C)ccc1OCCC(=O)N1CCNC[C@@H]1C. The lowest BCUT2D eigenvalue weighted by molar-refractivity contribution is -0.134. The molecule has 2 rings (SSSR count). The summed E-state index contributed by atoms with van der Waals surface area (Å²) in [4.78, 5) is 14.1. The number of ether oxygens (including phenoxy) is 2. The van der Waals surface area contributed by atoms with Crippen LogP contribution >= 0.6 is 0 Å². The number of aryl methyl sites for hydroxylation is 1. The van der Waals surface area contributed by atoms with E-state index in [0.717, 1.165) is 25.2 Å². The molecule has 21 heavy (non-hydrogen) atoms. The molecule has 0 saturated carbocycles. The number of nitrogens with one attached hydrogen (secondary N) is 1. The van der Waals surface area contributed by atoms with E-state index in [9.17, 15) is 4.79 Å². The Bertz CT molecular complexity index is 490. The average Bonchev–Trinajstić information content (AvgIpc) is 2.49. The lowest BCUT2D eigenvalue weighted by atomic mass is 10.2. The van der Waals surface area contributed by atoms with Gasteiger partial charge in [0.05, 0.1) is 20.1 Å². The number of amides is 1. The molecule has 0 aromatic heterocycles. The van der Waals surface area contributed by atoms with Crippen LogP contribution in [0.1, 0.15) is 18.9 Å². The van der Waals surface area contributed by atoms with Gasteiger partial charge in [-0.2, -0.15) is 0 Å². The van der Waals surface area contributed by atoms with Crippen LogP contribution in [0.4, 0.5) is 0 Å². The monoisotopic (exact) mass is 292 g/mol. The van der Waals surface area contributed by atoms with Crippen LogP contribution in [0.5, 0.6) is 11.5 Å². The van der Waals surface area contributed by atoms with Gasteiger partial charge < -0.3 is 19.7 Å². The van der Waals surface area contributed by atoms with Gasteiger partial charge in [-0.25, -0.2) is 0 Å². The molecule has 1 fully saturated rings. The highest BCUT2D eigenvalue weighted by Crippen LogP contribution is 2.27. The van der Waals surface area contributed by atoms with E-state index >= 15 is 0 Å². The molecule has 0 radical (unpaired) electrons. The molecule has 1 saturated heterocycles. The fourth-order valence-corrected chi connectivity index (χ4v) is 2.50. The van der Waals surface area contributed by atoms with Gasteiger partial charge in [0.15, 0.2) is 11.5 Å². The molecule has 0 aliphatic carbocycles. The van der Waals surface area contributed by atoms with Crippen LogP contribution in [0.3, 0.4) is 0 Å². The Morgan fingerprint density at radius 1 is 1.43 bits per heavy atom. The number of hydrogen-bond donors (Lipinski definition) is 1. The first-order valence-corrected chi connectivity index (χ1v) is 7.39. The van der Waals surface area contributed by atoms with Gasteiger partial charge in [-0.1, -0.05) is 6.07 Å². The highest BCUT2D eigenvalue weighted by atomic mass is 16.5. The predicted molar refractivity (Wildman–Crippen MR) is 81.9 cm³/mol. The summed E-state index contributed by atoms with van der Waals surface area (Å²) in [6.45, 7) is 6.93. The topological polar surface area (TPSA) is 50.8 Å². The van der Waals surface area contributed by atoms with Crippen molar-refractivity contribution in [1.29, 1.82) is 0 Å². The highest BCUT2D eigenvalue weighted by Gasteiger charge is 2.22. The number of hydrogen-bond acceptors (Lipinski definition) is 4. The summed E-state index contributed by atoms with van der Waals surface area (Å²) in [6, 6.07) is 6.03. The van der Waals surface area contributed by atoms with Crippen LogP contribution in [0.25, 0.3) is 0 Å². The summed E-state index contributed by atoms with van der Waals surface area (Å²) in [5.74, 6) is 1.54. The van der Waals surface area contributed by atoms with Crippen LogP contribution in [0, 0.1) is 6.92 Å². The van der Waals surface area contributed by atoms with E-state index in [1.54, 1.807) is 7.11 Å². The Hall–Kier alpha value is -1.75. The molecule has 5 nitrogen and oxygen atoms in total. The fraction of sp³-hybridized carbons (Fsp3) is 0.562. The summed E-state index contributed by atoms with van der Waals surface area (Å²) in [6.07, 6.45) is 0.390. The molecule has 0 spiro atoms. The van der Waals surface area contributed by atoms with Gasteiger partial charge in [-0.05, 0) is 31.5 Å². The molecule has 1 aliphatic heterocycles. The predicted octanol–water partition coefficient (Wildman–Crippen LogP) is 1.59. The number of piperazine rings is 1. The van der Waals surface area contributed by atoms with Crippen molar-refractivity contribution in [3.63, 3.8) is 0 Å². The molecule has 0 unspecified atom stereocenters. The number of benzene rings is 1. The van der Waals surface area contributed by atoms with E-state index in [1.807, 2.05) is 30.0 Å². The number of carbonyl (C=O) groups is 1. The van der Waals surface area contributed by atoms with E-state index in [-0.39, 0.29) is 11.9 Å². The Kier molecular flexibility index (Phi) is 5.44. The van der Waals surface area contributed by atoms with Gasteiger partial charge in [0.25, 0.3) is 0 Å². The van der Waals surface area contributed by atoms with Crippen LogP contribution in [0.15, 0.2) is 18.2 Å². The number of carbonyl (C=O) groups excluding carboxylic acids is 1. The number of rotatable bonds is 5. The van der Waals surface area contributed by atoms with Crippen molar-refractivity contribution < 1.29 is 14.3 Å². The van der Waals surface area contributed by atoms with Gasteiger partial charge in [0.1, 0.15) is 0 Å². The van der Waals surface area contributed by atoms with Crippen molar-refractivity contribution in [3.05, 3.63) is 23.8 Å². The van der Waals surface area contributed by atoms with Gasteiger partial charge in [-0.15, -0.1) is 0 Å². The van der Waals surface area contributed by atoms with E-state index in [0.29, 0.717) is 24.5 Å². The molecule has 1 heterocycles. The van der Waals surface area contributed by atoms with Gasteiger partial charge >= 0.3 is 0 Å². The maximum absolute atomic E-state index is 12.2. The highest BCUT2D eigenvalue weighted by molar-refractivity contribution is 5.76. The van der Waals surface area contributed by atoms with Crippen molar-refractivity contribution in [2.75, 3.05) is 33.4 Å². The lowest BCUT2D eigenvalue weighted by Gasteiger charge is -2.34. The maximum atomic E-state index is 12.2. The minimum Gasteiger partial charge on any atom is -0.493 e. The Balaban J connectivity index is 1.85. The molecule has 116 valence electrons. The van der Waals surface area contributed by atoms with Gasteiger partial charge in [0, 0.05) is 25.7 Å². The van der Waals surface area contributed by atoms with Gasteiger partial charge in [0.2, 0.25) is 5.91 Å². The summed E-state index contributed by atoms with van der Waals surface area (Å²) in [5, 5.41) is 3.28. The first-order valence-electron chi connectivity index (χ1n) is 7.39. The molecule has 1 aromatic carbocycles. The molecule has 1 aromatic rings. The van der Waals surface area contributed by atoms with E-state index in [2.05, 4.69) is 12.2 Å². The molecule has 0 bridgehead atoms. The van der Waals surface area contributed by atoms with Crippen LogP contribution in [0.2, 0.25) is 0 Å². The van der Waals surface area contributed by atoms with Crippen molar-refractivity contribution in [1.82, 2.24) is 10.2 Å². The van der Waals surface area contributed by atoms with Crippen LogP contribution < -0.4 is 14.8 Å². The third kappa shape index (κ3) is 4.11. The largest absolute Gasteiger partial charge is 0.493 e. The van der Waals surface area contributed by atoms with Crippen molar-refractivity contribution >= 4 is 5.91 Å². The zero-order valence-corrected chi connectivity index (χ0v) is 13.0. The maximum Gasteiger partial charge on any atom is 0.226 e. The fourth-order valence-electron chi connectivity index (χ4n) is 2.50. The third-order valence-corrected chi connectivity index (χ3v) is 3.71. The summed E-state index contributed by atoms with van der Waals surface area (Å²) in [7, 11) is 1.62. The minimum atomic E-state index is 0.148. The standard InChI is InChI=1S/C16H24N2O3/c1-12-4-5-14(15(10-12)20-3)21-9-6-16(19)18-8-7-17-11-13(18)2/h4-5,10,13,17H,6-9,11H2,1-3H3/t13-/m0/s1. The average molecular weight is 292 g/mol. The third-order valence-electron chi connectivity index (χ3n) is 3.71. The molecule has 1 N–H and O–H groups in total. The lowest BCUT2D eigenvalue weighted by Crippen LogP contribution is -2.52. The Labute approximate surface area is 126 Å².